The first-order chi connectivity index (χ1) is 13.3. The van der Waals surface area contributed by atoms with Crippen molar-refractivity contribution in [2.24, 2.45) is 0 Å². The molecule has 2 aromatic carbocycles. The fraction of sp³-hybridized carbons (Fsp3) is 0.150. The number of carbonyl (C=O) groups excluding carboxylic acids is 2. The Balaban J connectivity index is 1.61. The molecule has 0 bridgehead atoms. The van der Waals surface area contributed by atoms with Crippen molar-refractivity contribution in [2.75, 3.05) is 6.61 Å². The number of carbonyl (C=O) groups is 2. The lowest BCUT2D eigenvalue weighted by molar-refractivity contribution is -0.123. The summed E-state index contributed by atoms with van der Waals surface area (Å²) < 4.78 is 11.3. The summed E-state index contributed by atoms with van der Waals surface area (Å²) in [5, 5.41) is 0.573. The van der Waals surface area contributed by atoms with Crippen molar-refractivity contribution in [2.45, 2.75) is 13.8 Å². The van der Waals surface area contributed by atoms with Gasteiger partial charge < -0.3 is 9.15 Å². The lowest BCUT2D eigenvalue weighted by atomic mass is 10.1. The molecule has 0 aliphatic heterocycles. The lowest BCUT2D eigenvalue weighted by Gasteiger charge is -2.10. The van der Waals surface area contributed by atoms with E-state index in [2.05, 4.69) is 26.8 Å². The number of hydrazine groups is 1. The first-order valence-corrected chi connectivity index (χ1v) is 9.15. The van der Waals surface area contributed by atoms with Crippen LogP contribution in [0.1, 0.15) is 21.5 Å². The molecule has 7 nitrogen and oxygen atoms in total. The van der Waals surface area contributed by atoms with E-state index < -0.39 is 17.4 Å². The van der Waals surface area contributed by atoms with Crippen molar-refractivity contribution >= 4 is 38.7 Å². The van der Waals surface area contributed by atoms with Crippen LogP contribution in [0.3, 0.4) is 0 Å². The Morgan fingerprint density at radius 3 is 2.57 bits per heavy atom. The Morgan fingerprint density at radius 1 is 1.04 bits per heavy atom. The number of benzene rings is 2. The molecular weight excluding hydrogens is 428 g/mol. The third-order valence-corrected chi connectivity index (χ3v) is 4.60. The van der Waals surface area contributed by atoms with Crippen LogP contribution in [0.25, 0.3) is 11.0 Å². The minimum atomic E-state index is -0.798. The van der Waals surface area contributed by atoms with Gasteiger partial charge in [-0.2, -0.15) is 0 Å². The van der Waals surface area contributed by atoms with E-state index in [1.54, 1.807) is 24.3 Å². The van der Waals surface area contributed by atoms with E-state index in [1.165, 1.54) is 6.07 Å². The summed E-state index contributed by atoms with van der Waals surface area (Å²) >= 11 is 3.32. The third-order valence-electron chi connectivity index (χ3n) is 4.10. The van der Waals surface area contributed by atoms with E-state index in [4.69, 9.17) is 9.15 Å². The number of rotatable bonds is 4. The van der Waals surface area contributed by atoms with Crippen molar-refractivity contribution in [3.8, 4) is 5.75 Å². The van der Waals surface area contributed by atoms with Crippen molar-refractivity contribution in [1.82, 2.24) is 10.9 Å². The summed E-state index contributed by atoms with van der Waals surface area (Å²) in [5.41, 5.74) is 5.89. The molecular formula is C20H17BrN2O5. The Labute approximate surface area is 168 Å². The van der Waals surface area contributed by atoms with E-state index in [0.717, 1.165) is 15.6 Å². The molecule has 0 spiro atoms. The highest BCUT2D eigenvalue weighted by Gasteiger charge is 2.15. The zero-order valence-corrected chi connectivity index (χ0v) is 16.8. The largest absolute Gasteiger partial charge is 0.484 e. The number of hydrogen-bond donors (Lipinski definition) is 2. The van der Waals surface area contributed by atoms with Gasteiger partial charge in [0.25, 0.3) is 11.8 Å². The van der Waals surface area contributed by atoms with Gasteiger partial charge in [0.2, 0.25) is 0 Å². The normalized spacial score (nSPS) is 10.5. The number of hydrogen-bond acceptors (Lipinski definition) is 5. The van der Waals surface area contributed by atoms with Gasteiger partial charge in [0.05, 0.1) is 0 Å². The molecule has 8 heteroatoms. The second kappa shape index (κ2) is 8.26. The number of halogens is 1. The highest BCUT2D eigenvalue weighted by molar-refractivity contribution is 9.10. The maximum atomic E-state index is 12.2. The molecule has 28 heavy (non-hydrogen) atoms. The molecule has 1 aromatic heterocycles. The van der Waals surface area contributed by atoms with Crippen LogP contribution in [0.4, 0.5) is 0 Å². The van der Waals surface area contributed by atoms with Gasteiger partial charge in [-0.1, -0.05) is 22.0 Å². The number of fused-ring (bicyclic) bond motifs is 1. The molecule has 3 aromatic rings. The molecule has 0 aliphatic carbocycles. The van der Waals surface area contributed by atoms with Gasteiger partial charge in [0, 0.05) is 9.86 Å². The molecule has 0 aliphatic rings. The van der Waals surface area contributed by atoms with Crippen LogP contribution in [-0.4, -0.2) is 18.4 Å². The zero-order valence-electron chi connectivity index (χ0n) is 15.2. The van der Waals surface area contributed by atoms with Crippen LogP contribution < -0.4 is 21.2 Å². The van der Waals surface area contributed by atoms with Gasteiger partial charge >= 0.3 is 5.63 Å². The van der Waals surface area contributed by atoms with Crippen LogP contribution in [0.5, 0.6) is 5.75 Å². The van der Waals surface area contributed by atoms with Crippen LogP contribution in [-0.2, 0) is 4.79 Å². The van der Waals surface area contributed by atoms with Gasteiger partial charge in [-0.15, -0.1) is 0 Å². The van der Waals surface area contributed by atoms with Crippen LogP contribution in [0.15, 0.2) is 56.1 Å². The quantitative estimate of drug-likeness (QED) is 0.476. The Kier molecular flexibility index (Phi) is 5.79. The van der Waals surface area contributed by atoms with E-state index in [-0.39, 0.29) is 12.2 Å². The monoisotopic (exact) mass is 444 g/mol. The summed E-state index contributed by atoms with van der Waals surface area (Å²) in [6.45, 7) is 3.63. The molecule has 2 N–H and O–H groups in total. The Morgan fingerprint density at radius 2 is 1.82 bits per heavy atom. The van der Waals surface area contributed by atoms with Crippen LogP contribution in [0.2, 0.25) is 0 Å². The summed E-state index contributed by atoms with van der Waals surface area (Å²) in [6.07, 6.45) is 0. The molecule has 0 unspecified atom stereocenters. The summed E-state index contributed by atoms with van der Waals surface area (Å²) in [5.74, 6) is -0.806. The maximum Gasteiger partial charge on any atom is 0.349 e. The van der Waals surface area contributed by atoms with Crippen molar-refractivity contribution in [3.05, 3.63) is 74.0 Å². The maximum absolute atomic E-state index is 12.2. The molecule has 144 valence electrons. The third kappa shape index (κ3) is 4.58. The van der Waals surface area contributed by atoms with Crippen LogP contribution >= 0.6 is 15.9 Å². The second-order valence-corrected chi connectivity index (χ2v) is 7.08. The van der Waals surface area contributed by atoms with E-state index in [9.17, 15) is 14.4 Å². The molecule has 2 amide bonds. The number of ether oxygens (including phenoxy) is 1. The molecule has 0 saturated carbocycles. The topological polar surface area (TPSA) is 97.6 Å². The fourth-order valence-electron chi connectivity index (χ4n) is 2.44. The molecule has 0 fully saturated rings. The van der Waals surface area contributed by atoms with Crippen molar-refractivity contribution in [1.29, 1.82) is 0 Å². The van der Waals surface area contributed by atoms with Gasteiger partial charge in [-0.3, -0.25) is 20.4 Å². The first kappa shape index (κ1) is 19.6. The zero-order chi connectivity index (χ0) is 20.3. The predicted octanol–water partition coefficient (Wildman–Crippen LogP) is 3.01. The Bertz CT molecular complexity index is 1120. The van der Waals surface area contributed by atoms with E-state index in [1.807, 2.05) is 26.0 Å². The highest BCUT2D eigenvalue weighted by Crippen LogP contribution is 2.19. The SMILES string of the molecule is Cc1ccc(OCC(=O)NNC(=O)c2cc3cc(Br)ccc3oc2=O)cc1C. The summed E-state index contributed by atoms with van der Waals surface area (Å²) in [6, 6.07) is 11.9. The highest BCUT2D eigenvalue weighted by atomic mass is 79.9. The second-order valence-electron chi connectivity index (χ2n) is 6.17. The lowest BCUT2D eigenvalue weighted by Crippen LogP contribution is -2.45. The molecule has 0 radical (unpaired) electrons. The fourth-order valence-corrected chi connectivity index (χ4v) is 2.81. The summed E-state index contributed by atoms with van der Waals surface area (Å²) in [7, 11) is 0. The van der Waals surface area contributed by atoms with E-state index >= 15 is 0 Å². The van der Waals surface area contributed by atoms with Crippen molar-refractivity contribution < 1.29 is 18.7 Å². The van der Waals surface area contributed by atoms with Gasteiger partial charge in [-0.25, -0.2) is 4.79 Å². The van der Waals surface area contributed by atoms with Gasteiger partial charge in [0.15, 0.2) is 6.61 Å². The number of aryl methyl sites for hydroxylation is 2. The molecule has 0 atom stereocenters. The molecule has 3 rings (SSSR count). The van der Waals surface area contributed by atoms with E-state index in [0.29, 0.717) is 16.7 Å². The predicted molar refractivity (Wildman–Crippen MR) is 107 cm³/mol. The molecule has 0 saturated heterocycles. The minimum absolute atomic E-state index is 0.221. The van der Waals surface area contributed by atoms with Gasteiger partial charge in [-0.05, 0) is 61.4 Å². The average Bonchev–Trinajstić information content (AvgIpc) is 2.66. The average molecular weight is 445 g/mol. The summed E-state index contributed by atoms with van der Waals surface area (Å²) in [4.78, 5) is 36.1. The number of amides is 2. The Hall–Kier alpha value is -3.13. The smallest absolute Gasteiger partial charge is 0.349 e. The first-order valence-electron chi connectivity index (χ1n) is 8.36. The van der Waals surface area contributed by atoms with Crippen molar-refractivity contribution in [3.63, 3.8) is 0 Å². The van der Waals surface area contributed by atoms with Gasteiger partial charge in [0.1, 0.15) is 16.9 Å². The standard InChI is InChI=1S/C20H17BrN2O5/c1-11-3-5-15(7-12(11)2)27-10-18(24)22-23-19(25)16-9-13-8-14(21)4-6-17(13)28-20(16)26/h3-9H,10H2,1-2H3,(H,22,24)(H,23,25). The minimum Gasteiger partial charge on any atom is -0.484 e. The van der Waals surface area contributed by atoms with Crippen LogP contribution in [0, 0.1) is 13.8 Å². The number of nitrogens with one attached hydrogen (secondary N) is 2. The molecule has 1 heterocycles.